The molecule has 8 nitrogen and oxygen atoms in total. The predicted molar refractivity (Wildman–Crippen MR) is 159 cm³/mol. The minimum Gasteiger partial charge on any atom is -0.456 e. The maximum Gasteiger partial charge on any atom is 0.261 e. The lowest BCUT2D eigenvalue weighted by molar-refractivity contribution is 0.0782. The lowest BCUT2D eigenvalue weighted by atomic mass is 10.1. The van der Waals surface area contributed by atoms with Gasteiger partial charge in [-0.2, -0.15) is 0 Å². The highest BCUT2D eigenvalue weighted by Crippen LogP contribution is 2.39. The van der Waals surface area contributed by atoms with E-state index < -0.39 is 5.82 Å². The Labute approximate surface area is 234 Å². The van der Waals surface area contributed by atoms with Crippen molar-refractivity contribution in [3.8, 4) is 11.5 Å². The molecule has 0 unspecified atom stereocenters. The van der Waals surface area contributed by atoms with E-state index in [2.05, 4.69) is 14.8 Å². The molecular weight excluding hydrogens is 517 g/mol. The second kappa shape index (κ2) is 13.0. The summed E-state index contributed by atoms with van der Waals surface area (Å²) in [6.45, 7) is 9.32. The molecule has 0 saturated heterocycles. The Kier molecular flexibility index (Phi) is 10.0. The largest absolute Gasteiger partial charge is 0.456 e. The SMILES string of the molecule is CC.CNSNc1cccc(Oc2c(C(=O)N(C)C3CC3)c(Nc3ccc(C)cc3F)n(C)c(=O)c2C)c1C. The topological polar surface area (TPSA) is 87.6 Å². The Bertz CT molecular complexity index is 1400. The molecule has 3 aromatic rings. The van der Waals surface area contributed by atoms with E-state index in [1.165, 1.54) is 22.8 Å². The molecule has 10 heteroatoms. The van der Waals surface area contributed by atoms with Gasteiger partial charge in [-0.05, 0) is 70.5 Å². The summed E-state index contributed by atoms with van der Waals surface area (Å²) < 4.78 is 28.7. The molecule has 1 aromatic heterocycles. The number of amides is 1. The van der Waals surface area contributed by atoms with Crippen LogP contribution in [0.1, 0.15) is 53.7 Å². The molecule has 1 fully saturated rings. The highest BCUT2D eigenvalue weighted by atomic mass is 32.2. The molecule has 39 heavy (non-hydrogen) atoms. The maximum absolute atomic E-state index is 14.8. The number of halogens is 1. The highest BCUT2D eigenvalue weighted by Gasteiger charge is 2.35. The van der Waals surface area contributed by atoms with Gasteiger partial charge in [0.25, 0.3) is 11.5 Å². The van der Waals surface area contributed by atoms with Gasteiger partial charge < -0.3 is 19.7 Å². The molecule has 0 bridgehead atoms. The smallest absolute Gasteiger partial charge is 0.261 e. The number of rotatable bonds is 9. The zero-order valence-corrected chi connectivity index (χ0v) is 24.7. The molecule has 0 atom stereocenters. The van der Waals surface area contributed by atoms with Gasteiger partial charge in [0.05, 0.1) is 16.9 Å². The van der Waals surface area contributed by atoms with Crippen LogP contribution in [0.15, 0.2) is 41.2 Å². The zero-order valence-electron chi connectivity index (χ0n) is 23.9. The lowest BCUT2D eigenvalue weighted by Gasteiger charge is -2.25. The predicted octanol–water partition coefficient (Wildman–Crippen LogP) is 6.44. The first-order valence-corrected chi connectivity index (χ1v) is 13.9. The van der Waals surface area contributed by atoms with Crippen LogP contribution < -0.4 is 25.1 Å². The summed E-state index contributed by atoms with van der Waals surface area (Å²) in [5.74, 6) is 0.0271. The third-order valence-electron chi connectivity index (χ3n) is 6.53. The summed E-state index contributed by atoms with van der Waals surface area (Å²) in [5, 5.41) is 3.02. The fourth-order valence-electron chi connectivity index (χ4n) is 4.09. The van der Waals surface area contributed by atoms with E-state index >= 15 is 0 Å². The van der Waals surface area contributed by atoms with Crippen LogP contribution in [0.5, 0.6) is 11.5 Å². The minimum atomic E-state index is -0.485. The number of carbonyl (C=O) groups is 1. The van der Waals surface area contributed by atoms with E-state index in [9.17, 15) is 14.0 Å². The normalized spacial score (nSPS) is 12.3. The molecule has 0 spiro atoms. The Morgan fingerprint density at radius 1 is 1.10 bits per heavy atom. The van der Waals surface area contributed by atoms with E-state index in [0.717, 1.165) is 29.7 Å². The molecule has 0 radical (unpaired) electrons. The van der Waals surface area contributed by atoms with Crippen LogP contribution in [-0.4, -0.2) is 35.5 Å². The number of nitrogens with one attached hydrogen (secondary N) is 3. The number of hydrogen-bond donors (Lipinski definition) is 3. The van der Waals surface area contributed by atoms with Crippen molar-refractivity contribution >= 4 is 35.2 Å². The number of pyridine rings is 1. The van der Waals surface area contributed by atoms with Crippen molar-refractivity contribution in [2.24, 2.45) is 7.05 Å². The summed E-state index contributed by atoms with van der Waals surface area (Å²) in [6, 6.07) is 10.4. The molecule has 1 amide bonds. The van der Waals surface area contributed by atoms with Crippen LogP contribution in [-0.2, 0) is 7.05 Å². The summed E-state index contributed by atoms with van der Waals surface area (Å²) in [5.41, 5.74) is 2.65. The minimum absolute atomic E-state index is 0.120. The molecule has 210 valence electrons. The van der Waals surface area contributed by atoms with Gasteiger partial charge in [-0.15, -0.1) is 0 Å². The van der Waals surface area contributed by atoms with Gasteiger partial charge in [0.15, 0.2) is 5.75 Å². The van der Waals surface area contributed by atoms with E-state index in [0.29, 0.717) is 5.75 Å². The molecular formula is C29H38FN5O3S. The first-order valence-electron chi connectivity index (χ1n) is 13.0. The standard InChI is InChI=1S/C27H32FN5O3S.C2H6/c1-15-10-13-21(19(28)14-15)30-25-23(27(35)32(5)18-11-12-18)24(17(3)26(34)33(25)6)36-22-9-7-8-20(16(22)2)31-37-29-4;1-2/h7-10,13-14,18,29-31H,11-12H2,1-6H3;1-2H3. The van der Waals surface area contributed by atoms with E-state index in [1.54, 1.807) is 58.1 Å². The zero-order chi connectivity index (χ0) is 28.9. The number of nitrogens with zero attached hydrogens (tertiary/aromatic N) is 2. The van der Waals surface area contributed by atoms with Gasteiger partial charge in [-0.3, -0.25) is 14.2 Å². The highest BCUT2D eigenvalue weighted by molar-refractivity contribution is 7.98. The second-order valence-electron chi connectivity index (χ2n) is 9.24. The molecule has 0 aliphatic heterocycles. The van der Waals surface area contributed by atoms with Gasteiger partial charge in [-0.1, -0.05) is 26.0 Å². The number of aryl methyl sites for hydroxylation is 1. The molecule has 1 heterocycles. The van der Waals surface area contributed by atoms with Crippen LogP contribution in [0.3, 0.4) is 0 Å². The number of anilines is 3. The number of benzene rings is 2. The monoisotopic (exact) mass is 555 g/mol. The molecule has 1 saturated carbocycles. The van der Waals surface area contributed by atoms with Gasteiger partial charge in [-0.25, -0.2) is 9.11 Å². The third kappa shape index (κ3) is 6.57. The van der Waals surface area contributed by atoms with Crippen molar-refractivity contribution in [3.63, 3.8) is 0 Å². The van der Waals surface area contributed by atoms with E-state index in [4.69, 9.17) is 4.74 Å². The second-order valence-corrected chi connectivity index (χ2v) is 10.1. The van der Waals surface area contributed by atoms with Crippen molar-refractivity contribution in [3.05, 3.63) is 74.8 Å². The van der Waals surface area contributed by atoms with Crippen LogP contribution in [0.4, 0.5) is 21.6 Å². The van der Waals surface area contributed by atoms with Crippen LogP contribution in [0.25, 0.3) is 0 Å². The summed E-state index contributed by atoms with van der Waals surface area (Å²) >= 11 is 1.31. The van der Waals surface area contributed by atoms with Crippen molar-refractivity contribution in [1.29, 1.82) is 0 Å². The number of carbonyl (C=O) groups excluding carboxylic acids is 1. The quantitative estimate of drug-likeness (QED) is 0.262. The summed E-state index contributed by atoms with van der Waals surface area (Å²) in [6.07, 6.45) is 1.82. The summed E-state index contributed by atoms with van der Waals surface area (Å²) in [4.78, 5) is 28.8. The lowest BCUT2D eigenvalue weighted by Crippen LogP contribution is -2.33. The maximum atomic E-state index is 14.8. The average Bonchev–Trinajstić information content (AvgIpc) is 3.78. The third-order valence-corrected chi connectivity index (χ3v) is 7.06. The van der Waals surface area contributed by atoms with Crippen molar-refractivity contribution in [2.45, 2.75) is 53.5 Å². The Morgan fingerprint density at radius 3 is 2.41 bits per heavy atom. The molecule has 3 N–H and O–H groups in total. The Hall–Kier alpha value is -3.50. The Morgan fingerprint density at radius 2 is 1.79 bits per heavy atom. The number of ether oxygens (including phenoxy) is 1. The van der Waals surface area contributed by atoms with E-state index in [1.807, 2.05) is 32.9 Å². The number of aromatic nitrogens is 1. The first-order chi connectivity index (χ1) is 18.6. The molecule has 2 aromatic carbocycles. The number of hydrogen-bond acceptors (Lipinski definition) is 7. The molecule has 4 rings (SSSR count). The molecule has 1 aliphatic carbocycles. The fourth-order valence-corrected chi connectivity index (χ4v) is 4.52. The first kappa shape index (κ1) is 30.0. The van der Waals surface area contributed by atoms with Crippen molar-refractivity contribution in [1.82, 2.24) is 14.2 Å². The van der Waals surface area contributed by atoms with E-state index in [-0.39, 0.29) is 45.9 Å². The average molecular weight is 556 g/mol. The van der Waals surface area contributed by atoms with Crippen molar-refractivity contribution < 1.29 is 13.9 Å². The van der Waals surface area contributed by atoms with Crippen molar-refractivity contribution in [2.75, 3.05) is 24.1 Å². The van der Waals surface area contributed by atoms with Gasteiger partial charge >= 0.3 is 0 Å². The van der Waals surface area contributed by atoms with Crippen LogP contribution in [0.2, 0.25) is 0 Å². The fraction of sp³-hybridized carbons (Fsp3) is 0.379. The van der Waals surface area contributed by atoms with Gasteiger partial charge in [0.2, 0.25) is 0 Å². The summed E-state index contributed by atoms with van der Waals surface area (Å²) in [7, 11) is 5.10. The van der Waals surface area contributed by atoms with Gasteiger partial charge in [0, 0.05) is 37.8 Å². The van der Waals surface area contributed by atoms with Gasteiger partial charge in [0.1, 0.15) is 22.9 Å². The van der Waals surface area contributed by atoms with Crippen LogP contribution >= 0.6 is 12.1 Å². The van der Waals surface area contributed by atoms with Crippen LogP contribution in [0, 0.1) is 26.6 Å². The molecule has 1 aliphatic rings. The Balaban J connectivity index is 0.00000205.